The fraction of sp³-hybridized carbons (Fsp3) is 0.250. The Hall–Kier alpha value is -1.84. The summed E-state index contributed by atoms with van der Waals surface area (Å²) in [5.41, 5.74) is 6.72. The minimum Gasteiger partial charge on any atom is -0.341 e. The Morgan fingerprint density at radius 2 is 1.84 bits per heavy atom. The first-order chi connectivity index (χ1) is 9.35. The molecule has 0 amide bonds. The average Bonchev–Trinajstić information content (AvgIpc) is 2.78. The number of aryl methyl sites for hydroxylation is 1. The van der Waals surface area contributed by atoms with E-state index in [9.17, 15) is 0 Å². The van der Waals surface area contributed by atoms with Crippen LogP contribution in [0.5, 0.6) is 0 Å². The van der Waals surface area contributed by atoms with Crippen LogP contribution < -0.4 is 5.48 Å². The molecule has 3 aromatic rings. The molecule has 0 aliphatic carbocycles. The summed E-state index contributed by atoms with van der Waals surface area (Å²) in [4.78, 5) is 4.92. The maximum absolute atomic E-state index is 4.92. The van der Waals surface area contributed by atoms with Crippen LogP contribution in [0.3, 0.4) is 0 Å². The lowest BCUT2D eigenvalue weighted by molar-refractivity contribution is 0.0867. The van der Waals surface area contributed by atoms with E-state index in [1.807, 2.05) is 0 Å². The highest BCUT2D eigenvalue weighted by molar-refractivity contribution is 6.08. The molecule has 0 aliphatic rings. The molecule has 0 unspecified atom stereocenters. The third-order valence-electron chi connectivity index (χ3n) is 3.57. The maximum atomic E-state index is 4.92. The third kappa shape index (κ3) is 2.01. The van der Waals surface area contributed by atoms with Crippen molar-refractivity contribution >= 4 is 21.8 Å². The molecular weight excluding hydrogens is 236 g/mol. The second kappa shape index (κ2) is 5.03. The Morgan fingerprint density at radius 3 is 2.63 bits per heavy atom. The van der Waals surface area contributed by atoms with Crippen LogP contribution in [-0.2, 0) is 17.9 Å². The highest BCUT2D eigenvalue weighted by atomic mass is 16.6. The van der Waals surface area contributed by atoms with E-state index in [4.69, 9.17) is 4.84 Å². The van der Waals surface area contributed by atoms with Gasteiger partial charge in [0.05, 0.1) is 7.11 Å². The number of nitrogens with one attached hydrogen (secondary N) is 1. The highest BCUT2D eigenvalue weighted by Crippen LogP contribution is 2.29. The first-order valence-corrected chi connectivity index (χ1v) is 6.61. The molecule has 98 valence electrons. The zero-order valence-corrected chi connectivity index (χ0v) is 11.3. The van der Waals surface area contributed by atoms with Crippen molar-refractivity contribution in [2.75, 3.05) is 7.11 Å². The molecule has 3 nitrogen and oxygen atoms in total. The third-order valence-corrected chi connectivity index (χ3v) is 3.57. The van der Waals surface area contributed by atoms with Gasteiger partial charge in [0.25, 0.3) is 0 Å². The van der Waals surface area contributed by atoms with Crippen LogP contribution in [0.2, 0.25) is 0 Å². The molecule has 0 atom stereocenters. The Balaban J connectivity index is 2.24. The molecule has 0 saturated heterocycles. The predicted octanol–water partition coefficient (Wildman–Crippen LogP) is 3.47. The number of hydrogen-bond donors (Lipinski definition) is 1. The molecule has 1 heterocycles. The molecule has 0 saturated carbocycles. The summed E-state index contributed by atoms with van der Waals surface area (Å²) in [6, 6.07) is 15.2. The normalized spacial score (nSPS) is 11.5. The minimum absolute atomic E-state index is 0.720. The van der Waals surface area contributed by atoms with E-state index in [0.717, 1.165) is 13.1 Å². The van der Waals surface area contributed by atoms with Crippen molar-refractivity contribution < 1.29 is 4.84 Å². The van der Waals surface area contributed by atoms with Crippen molar-refractivity contribution in [3.8, 4) is 0 Å². The molecule has 1 aromatic heterocycles. The zero-order valence-electron chi connectivity index (χ0n) is 11.3. The summed E-state index contributed by atoms with van der Waals surface area (Å²) < 4.78 is 2.36. The smallest absolute Gasteiger partial charge is 0.0572 e. The second-order valence-electron chi connectivity index (χ2n) is 4.64. The van der Waals surface area contributed by atoms with Gasteiger partial charge >= 0.3 is 0 Å². The topological polar surface area (TPSA) is 26.2 Å². The van der Waals surface area contributed by atoms with Crippen molar-refractivity contribution in [3.63, 3.8) is 0 Å². The van der Waals surface area contributed by atoms with E-state index in [2.05, 4.69) is 59.4 Å². The molecule has 19 heavy (non-hydrogen) atoms. The number of nitrogens with zero attached hydrogens (tertiary/aromatic N) is 1. The van der Waals surface area contributed by atoms with Gasteiger partial charge in [-0.3, -0.25) is 0 Å². The molecule has 0 radical (unpaired) electrons. The molecule has 2 aromatic carbocycles. The number of para-hydroxylation sites is 1. The molecule has 3 rings (SSSR count). The van der Waals surface area contributed by atoms with E-state index < -0.39 is 0 Å². The first-order valence-electron chi connectivity index (χ1n) is 6.61. The van der Waals surface area contributed by atoms with Gasteiger partial charge in [-0.2, -0.15) is 5.48 Å². The van der Waals surface area contributed by atoms with Gasteiger partial charge in [0, 0.05) is 34.9 Å². The summed E-state index contributed by atoms with van der Waals surface area (Å²) >= 11 is 0. The fourth-order valence-electron chi connectivity index (χ4n) is 2.71. The Bertz CT molecular complexity index is 715. The largest absolute Gasteiger partial charge is 0.341 e. The summed E-state index contributed by atoms with van der Waals surface area (Å²) in [5.74, 6) is 0. The van der Waals surface area contributed by atoms with Gasteiger partial charge in [-0.15, -0.1) is 0 Å². The summed E-state index contributed by atoms with van der Waals surface area (Å²) in [6.07, 6.45) is 0. The van der Waals surface area contributed by atoms with Crippen molar-refractivity contribution in [3.05, 3.63) is 48.0 Å². The van der Waals surface area contributed by atoms with Gasteiger partial charge in [0.1, 0.15) is 0 Å². The van der Waals surface area contributed by atoms with E-state index in [1.54, 1.807) is 7.11 Å². The van der Waals surface area contributed by atoms with E-state index in [0.29, 0.717) is 0 Å². The Morgan fingerprint density at radius 1 is 1.05 bits per heavy atom. The predicted molar refractivity (Wildman–Crippen MR) is 79.0 cm³/mol. The second-order valence-corrected chi connectivity index (χ2v) is 4.64. The van der Waals surface area contributed by atoms with Crippen molar-refractivity contribution in [1.29, 1.82) is 0 Å². The number of aromatic nitrogens is 1. The van der Waals surface area contributed by atoms with Crippen molar-refractivity contribution in [2.24, 2.45) is 0 Å². The van der Waals surface area contributed by atoms with Crippen LogP contribution in [0, 0.1) is 0 Å². The quantitative estimate of drug-likeness (QED) is 0.722. The van der Waals surface area contributed by atoms with Gasteiger partial charge in [-0.25, -0.2) is 0 Å². The number of hydroxylamine groups is 1. The lowest BCUT2D eigenvalue weighted by atomic mass is 10.1. The van der Waals surface area contributed by atoms with Gasteiger partial charge in [-0.1, -0.05) is 24.3 Å². The van der Waals surface area contributed by atoms with Gasteiger partial charge in [-0.05, 0) is 30.7 Å². The molecular formula is C16H18N2O. The molecule has 1 N–H and O–H groups in total. The molecule has 3 heteroatoms. The van der Waals surface area contributed by atoms with Crippen LogP contribution >= 0.6 is 0 Å². The van der Waals surface area contributed by atoms with Crippen molar-refractivity contribution in [1.82, 2.24) is 10.0 Å². The fourth-order valence-corrected chi connectivity index (χ4v) is 2.71. The lowest BCUT2D eigenvalue weighted by Gasteiger charge is -2.04. The van der Waals surface area contributed by atoms with Gasteiger partial charge < -0.3 is 9.40 Å². The Kier molecular flexibility index (Phi) is 3.23. The van der Waals surface area contributed by atoms with Crippen LogP contribution in [0.25, 0.3) is 21.8 Å². The van der Waals surface area contributed by atoms with E-state index in [1.165, 1.54) is 27.4 Å². The number of rotatable bonds is 4. The molecule has 0 bridgehead atoms. The van der Waals surface area contributed by atoms with Gasteiger partial charge in [0.15, 0.2) is 0 Å². The maximum Gasteiger partial charge on any atom is 0.0572 e. The van der Waals surface area contributed by atoms with E-state index >= 15 is 0 Å². The van der Waals surface area contributed by atoms with Crippen molar-refractivity contribution in [2.45, 2.75) is 20.0 Å². The SMILES string of the molecule is CCn1c2ccccc2c2cc(CNOC)ccc21. The van der Waals surface area contributed by atoms with E-state index in [-0.39, 0.29) is 0 Å². The Labute approximate surface area is 112 Å². The lowest BCUT2D eigenvalue weighted by Crippen LogP contribution is -2.10. The van der Waals surface area contributed by atoms with Crippen LogP contribution in [0.15, 0.2) is 42.5 Å². The number of hydrogen-bond acceptors (Lipinski definition) is 2. The standard InChI is InChI=1S/C16H18N2O/c1-3-18-15-7-5-4-6-13(15)14-10-12(11-17-19-2)8-9-16(14)18/h4-10,17H,3,11H2,1-2H3. The highest BCUT2D eigenvalue weighted by Gasteiger charge is 2.09. The molecule has 0 aliphatic heterocycles. The average molecular weight is 254 g/mol. The van der Waals surface area contributed by atoms with Gasteiger partial charge in [0.2, 0.25) is 0 Å². The molecule has 0 spiro atoms. The summed E-state index contributed by atoms with van der Waals surface area (Å²) in [6.45, 7) is 3.89. The van der Waals surface area contributed by atoms with Crippen LogP contribution in [0.4, 0.5) is 0 Å². The first kappa shape index (κ1) is 12.2. The number of benzene rings is 2. The monoisotopic (exact) mass is 254 g/mol. The summed E-state index contributed by atoms with van der Waals surface area (Å²) in [7, 11) is 1.64. The summed E-state index contributed by atoms with van der Waals surface area (Å²) in [5, 5.41) is 2.63. The molecule has 0 fully saturated rings. The number of fused-ring (bicyclic) bond motifs is 3. The zero-order chi connectivity index (χ0) is 13.2. The van der Waals surface area contributed by atoms with Crippen LogP contribution in [0.1, 0.15) is 12.5 Å². The van der Waals surface area contributed by atoms with Crippen LogP contribution in [-0.4, -0.2) is 11.7 Å². The minimum atomic E-state index is 0.720.